The summed E-state index contributed by atoms with van der Waals surface area (Å²) >= 11 is 5.83. The van der Waals surface area contributed by atoms with Gasteiger partial charge in [0, 0.05) is 23.2 Å². The van der Waals surface area contributed by atoms with Crippen molar-refractivity contribution in [3.8, 4) is 0 Å². The van der Waals surface area contributed by atoms with E-state index >= 15 is 0 Å². The van der Waals surface area contributed by atoms with Crippen LogP contribution in [0.5, 0.6) is 0 Å². The number of halogens is 1. The lowest BCUT2D eigenvalue weighted by Crippen LogP contribution is -2.38. The van der Waals surface area contributed by atoms with Crippen molar-refractivity contribution in [1.82, 2.24) is 4.90 Å². The number of rotatable bonds is 5. The van der Waals surface area contributed by atoms with Gasteiger partial charge < -0.3 is 9.64 Å². The molecule has 1 fully saturated rings. The Hall–Kier alpha value is -1.55. The summed E-state index contributed by atoms with van der Waals surface area (Å²) in [4.78, 5) is 25.8. The monoisotopic (exact) mass is 295 g/mol. The summed E-state index contributed by atoms with van der Waals surface area (Å²) in [6.07, 6.45) is 1.99. The zero-order valence-electron chi connectivity index (χ0n) is 11.6. The maximum absolute atomic E-state index is 12.5. The fourth-order valence-electron chi connectivity index (χ4n) is 2.11. The van der Waals surface area contributed by atoms with E-state index in [1.54, 1.807) is 36.1 Å². The second-order valence-corrected chi connectivity index (χ2v) is 5.56. The van der Waals surface area contributed by atoms with Crippen LogP contribution in [0.2, 0.25) is 5.02 Å². The van der Waals surface area contributed by atoms with Crippen LogP contribution >= 0.6 is 11.6 Å². The van der Waals surface area contributed by atoms with Crippen molar-refractivity contribution in [3.63, 3.8) is 0 Å². The number of carbonyl (C=O) groups excluding carboxylic acids is 2. The molecule has 20 heavy (non-hydrogen) atoms. The Morgan fingerprint density at radius 3 is 2.45 bits per heavy atom. The molecule has 0 radical (unpaired) electrons. The zero-order chi connectivity index (χ0) is 14.7. The third-order valence-electron chi connectivity index (χ3n) is 3.41. The number of carbonyl (C=O) groups is 2. The topological polar surface area (TPSA) is 46.6 Å². The normalized spacial score (nSPS) is 15.6. The van der Waals surface area contributed by atoms with E-state index in [2.05, 4.69) is 0 Å². The van der Waals surface area contributed by atoms with E-state index in [4.69, 9.17) is 16.3 Å². The van der Waals surface area contributed by atoms with Crippen molar-refractivity contribution in [2.24, 2.45) is 5.92 Å². The van der Waals surface area contributed by atoms with Crippen molar-refractivity contribution in [2.75, 3.05) is 13.7 Å². The summed E-state index contributed by atoms with van der Waals surface area (Å²) in [5, 5.41) is 0.599. The van der Waals surface area contributed by atoms with Crippen molar-refractivity contribution in [2.45, 2.75) is 25.8 Å². The molecule has 1 saturated carbocycles. The van der Waals surface area contributed by atoms with E-state index in [0.29, 0.717) is 17.1 Å². The molecule has 1 amide bonds. The summed E-state index contributed by atoms with van der Waals surface area (Å²) in [5.41, 5.74) is 0.596. The molecule has 0 heterocycles. The second-order valence-electron chi connectivity index (χ2n) is 5.12. The molecule has 1 aliphatic carbocycles. The lowest BCUT2D eigenvalue weighted by molar-refractivity contribution is -0.145. The number of nitrogens with zero attached hydrogens (tertiary/aromatic N) is 1. The van der Waals surface area contributed by atoms with Gasteiger partial charge in [-0.1, -0.05) is 18.5 Å². The number of hydrogen-bond acceptors (Lipinski definition) is 3. The summed E-state index contributed by atoms with van der Waals surface area (Å²) < 4.78 is 4.72. The largest absolute Gasteiger partial charge is 0.469 e. The molecule has 0 aromatic heterocycles. The standard InChI is InChI=1S/C15H18ClNO3/c1-10(15(19)20-2)9-17(13-7-8-13)14(18)11-3-5-12(16)6-4-11/h3-6,10,13H,7-9H2,1-2H3. The molecule has 4 nitrogen and oxygen atoms in total. The summed E-state index contributed by atoms with van der Waals surface area (Å²) in [6.45, 7) is 2.16. The molecule has 1 unspecified atom stereocenters. The van der Waals surface area contributed by atoms with Gasteiger partial charge >= 0.3 is 5.97 Å². The van der Waals surface area contributed by atoms with Crippen LogP contribution in [-0.2, 0) is 9.53 Å². The SMILES string of the molecule is COC(=O)C(C)CN(C(=O)c1ccc(Cl)cc1)C1CC1. The lowest BCUT2D eigenvalue weighted by Gasteiger charge is -2.25. The van der Waals surface area contributed by atoms with Crippen molar-refractivity contribution in [1.29, 1.82) is 0 Å². The van der Waals surface area contributed by atoms with Crippen LogP contribution in [0, 0.1) is 5.92 Å². The van der Waals surface area contributed by atoms with Crippen LogP contribution in [0.3, 0.4) is 0 Å². The van der Waals surface area contributed by atoms with E-state index in [9.17, 15) is 9.59 Å². The molecule has 5 heteroatoms. The Balaban J connectivity index is 2.10. The summed E-state index contributed by atoms with van der Waals surface area (Å²) in [5.74, 6) is -0.670. The van der Waals surface area contributed by atoms with Gasteiger partial charge in [0.2, 0.25) is 0 Å². The Labute approximate surface area is 123 Å². The minimum absolute atomic E-state index is 0.0556. The Bertz CT molecular complexity index is 496. The van der Waals surface area contributed by atoms with Crippen LogP contribution in [0.25, 0.3) is 0 Å². The average Bonchev–Trinajstić information content (AvgIpc) is 3.28. The van der Waals surface area contributed by atoms with Crippen molar-refractivity contribution >= 4 is 23.5 Å². The molecule has 1 aromatic carbocycles. The van der Waals surface area contributed by atoms with Gasteiger partial charge in [-0.15, -0.1) is 0 Å². The van der Waals surface area contributed by atoms with Gasteiger partial charge in [0.15, 0.2) is 0 Å². The molecular formula is C15H18ClNO3. The smallest absolute Gasteiger partial charge is 0.310 e. The average molecular weight is 296 g/mol. The quantitative estimate of drug-likeness (QED) is 0.785. The second kappa shape index (κ2) is 6.27. The molecule has 108 valence electrons. The molecule has 0 N–H and O–H groups in total. The van der Waals surface area contributed by atoms with Gasteiger partial charge in [-0.2, -0.15) is 0 Å². The lowest BCUT2D eigenvalue weighted by atomic mass is 10.1. The maximum atomic E-state index is 12.5. The highest BCUT2D eigenvalue weighted by Crippen LogP contribution is 2.29. The van der Waals surface area contributed by atoms with Crippen molar-refractivity contribution in [3.05, 3.63) is 34.9 Å². The highest BCUT2D eigenvalue weighted by Gasteiger charge is 2.35. The number of benzene rings is 1. The van der Waals surface area contributed by atoms with Crippen LogP contribution in [0.15, 0.2) is 24.3 Å². The number of esters is 1. The zero-order valence-corrected chi connectivity index (χ0v) is 12.4. The first-order chi connectivity index (χ1) is 9.52. The first-order valence-electron chi connectivity index (χ1n) is 6.67. The minimum atomic E-state index is -0.322. The number of hydrogen-bond donors (Lipinski definition) is 0. The Morgan fingerprint density at radius 1 is 1.35 bits per heavy atom. The van der Waals surface area contributed by atoms with Crippen LogP contribution in [0.4, 0.5) is 0 Å². The third kappa shape index (κ3) is 3.51. The van der Waals surface area contributed by atoms with Gasteiger partial charge in [0.1, 0.15) is 0 Å². The van der Waals surface area contributed by atoms with E-state index in [-0.39, 0.29) is 23.8 Å². The molecule has 0 saturated heterocycles. The van der Waals surface area contributed by atoms with Gasteiger partial charge in [0.05, 0.1) is 13.0 Å². The predicted molar refractivity (Wildman–Crippen MR) is 76.7 cm³/mol. The first kappa shape index (κ1) is 14.9. The van der Waals surface area contributed by atoms with E-state index in [0.717, 1.165) is 12.8 Å². The predicted octanol–water partition coefficient (Wildman–Crippen LogP) is 2.75. The van der Waals surface area contributed by atoms with E-state index < -0.39 is 0 Å². The van der Waals surface area contributed by atoms with Gasteiger partial charge in [-0.05, 0) is 37.1 Å². The molecule has 0 spiro atoms. The fourth-order valence-corrected chi connectivity index (χ4v) is 2.24. The molecule has 2 rings (SSSR count). The summed E-state index contributed by atoms with van der Waals surface area (Å²) in [7, 11) is 1.36. The first-order valence-corrected chi connectivity index (χ1v) is 7.05. The molecule has 1 aliphatic rings. The molecule has 1 aromatic rings. The van der Waals surface area contributed by atoms with E-state index in [1.807, 2.05) is 0 Å². The highest BCUT2D eigenvalue weighted by molar-refractivity contribution is 6.30. The van der Waals surface area contributed by atoms with Crippen LogP contribution in [-0.4, -0.2) is 36.5 Å². The molecule has 0 bridgehead atoms. The van der Waals surface area contributed by atoms with Crippen LogP contribution in [0.1, 0.15) is 30.1 Å². The third-order valence-corrected chi connectivity index (χ3v) is 3.67. The Morgan fingerprint density at radius 2 is 1.95 bits per heavy atom. The Kier molecular flexibility index (Phi) is 4.65. The molecular weight excluding hydrogens is 278 g/mol. The number of ether oxygens (including phenoxy) is 1. The van der Waals surface area contributed by atoms with Crippen LogP contribution < -0.4 is 0 Å². The number of amides is 1. The number of methoxy groups -OCH3 is 1. The minimum Gasteiger partial charge on any atom is -0.469 e. The van der Waals surface area contributed by atoms with E-state index in [1.165, 1.54) is 7.11 Å². The van der Waals surface area contributed by atoms with Gasteiger partial charge in [0.25, 0.3) is 5.91 Å². The van der Waals surface area contributed by atoms with Gasteiger partial charge in [-0.3, -0.25) is 9.59 Å². The van der Waals surface area contributed by atoms with Gasteiger partial charge in [-0.25, -0.2) is 0 Å². The highest BCUT2D eigenvalue weighted by atomic mass is 35.5. The van der Waals surface area contributed by atoms with Crippen molar-refractivity contribution < 1.29 is 14.3 Å². The maximum Gasteiger partial charge on any atom is 0.310 e. The summed E-state index contributed by atoms with van der Waals surface area (Å²) in [6, 6.07) is 7.06. The fraction of sp³-hybridized carbons (Fsp3) is 0.467. The molecule has 1 atom stereocenters. The molecule has 0 aliphatic heterocycles.